The first-order valence-corrected chi connectivity index (χ1v) is 6.90. The molecule has 0 amide bonds. The maximum absolute atomic E-state index is 12.1. The van der Waals surface area contributed by atoms with E-state index in [1.165, 1.54) is 11.3 Å². The lowest BCUT2D eigenvalue weighted by molar-refractivity contribution is 0.824. The number of nitrogen functional groups attached to an aromatic ring is 1. The second-order valence-corrected chi connectivity index (χ2v) is 5.59. The molecule has 1 aromatic carbocycles. The third-order valence-corrected chi connectivity index (χ3v) is 3.84. The number of hydrogen-bond donors (Lipinski definition) is 2. The maximum Gasteiger partial charge on any atom is 0.332 e. The number of imidazole rings is 1. The third kappa shape index (κ3) is 1.94. The summed E-state index contributed by atoms with van der Waals surface area (Å²) in [6.07, 6.45) is 0. The van der Waals surface area contributed by atoms with E-state index < -0.39 is 0 Å². The van der Waals surface area contributed by atoms with Crippen LogP contribution in [0, 0.1) is 0 Å². The lowest BCUT2D eigenvalue weighted by Gasteiger charge is -2.00. The molecule has 3 rings (SSSR count). The molecule has 0 aliphatic heterocycles. The topological polar surface area (TPSA) is 76.7 Å². The van der Waals surface area contributed by atoms with Gasteiger partial charge in [0.05, 0.1) is 16.7 Å². The zero-order chi connectivity index (χ0) is 13.6. The molecule has 98 valence electrons. The van der Waals surface area contributed by atoms with Crippen LogP contribution >= 0.6 is 11.3 Å². The predicted octanol–water partition coefficient (Wildman–Crippen LogP) is 2.48. The van der Waals surface area contributed by atoms with E-state index in [0.29, 0.717) is 16.7 Å². The lowest BCUT2D eigenvalue weighted by atomic mass is 10.2. The minimum Gasteiger partial charge on any atom is -0.399 e. The first-order valence-electron chi connectivity index (χ1n) is 6.02. The number of benzene rings is 1. The van der Waals surface area contributed by atoms with E-state index in [1.807, 2.05) is 5.38 Å². The summed E-state index contributed by atoms with van der Waals surface area (Å²) in [5.74, 6) is 0.343. The number of rotatable bonds is 2. The number of fused-ring (bicyclic) bond motifs is 1. The molecule has 2 aromatic heterocycles. The molecule has 3 aromatic rings. The zero-order valence-corrected chi connectivity index (χ0v) is 11.5. The normalized spacial score (nSPS) is 11.5. The van der Waals surface area contributed by atoms with Gasteiger partial charge in [0.25, 0.3) is 0 Å². The first-order chi connectivity index (χ1) is 9.06. The average Bonchev–Trinajstić information content (AvgIpc) is 2.92. The Morgan fingerprint density at radius 2 is 2.21 bits per heavy atom. The van der Waals surface area contributed by atoms with Crippen molar-refractivity contribution in [1.29, 1.82) is 0 Å². The molecule has 3 N–H and O–H groups in total. The molecule has 0 bridgehead atoms. The molecule has 6 heteroatoms. The quantitative estimate of drug-likeness (QED) is 0.705. The van der Waals surface area contributed by atoms with E-state index >= 15 is 0 Å². The van der Waals surface area contributed by atoms with Crippen molar-refractivity contribution in [3.63, 3.8) is 0 Å². The number of nitrogens with zero attached hydrogens (tertiary/aromatic N) is 2. The van der Waals surface area contributed by atoms with Gasteiger partial charge in [-0.05, 0) is 24.1 Å². The minimum atomic E-state index is -0.190. The number of thiazole rings is 1. The monoisotopic (exact) mass is 274 g/mol. The van der Waals surface area contributed by atoms with Crippen LogP contribution in [0.2, 0.25) is 0 Å². The van der Waals surface area contributed by atoms with Crippen molar-refractivity contribution in [2.75, 3.05) is 5.73 Å². The van der Waals surface area contributed by atoms with Crippen LogP contribution in [0.3, 0.4) is 0 Å². The molecule has 0 saturated heterocycles. The fourth-order valence-corrected chi connectivity index (χ4v) is 2.95. The summed E-state index contributed by atoms with van der Waals surface area (Å²) in [4.78, 5) is 19.4. The second kappa shape index (κ2) is 4.24. The highest BCUT2D eigenvalue weighted by Crippen LogP contribution is 2.23. The van der Waals surface area contributed by atoms with Crippen molar-refractivity contribution in [1.82, 2.24) is 14.5 Å². The van der Waals surface area contributed by atoms with E-state index in [4.69, 9.17) is 5.73 Å². The van der Waals surface area contributed by atoms with Crippen LogP contribution < -0.4 is 11.4 Å². The Hall–Kier alpha value is -2.08. The molecular formula is C13H14N4OS. The van der Waals surface area contributed by atoms with E-state index in [-0.39, 0.29) is 5.69 Å². The summed E-state index contributed by atoms with van der Waals surface area (Å²) >= 11 is 1.46. The van der Waals surface area contributed by atoms with Crippen molar-refractivity contribution < 1.29 is 0 Å². The highest BCUT2D eigenvalue weighted by atomic mass is 32.1. The van der Waals surface area contributed by atoms with E-state index in [9.17, 15) is 4.79 Å². The second-order valence-electron chi connectivity index (χ2n) is 4.75. The van der Waals surface area contributed by atoms with Crippen LogP contribution in [-0.2, 0) is 0 Å². The van der Waals surface area contributed by atoms with Crippen LogP contribution in [0.5, 0.6) is 0 Å². The molecule has 0 fully saturated rings. The van der Waals surface area contributed by atoms with Gasteiger partial charge in [-0.15, -0.1) is 11.3 Å². The average molecular weight is 274 g/mol. The summed E-state index contributed by atoms with van der Waals surface area (Å²) < 4.78 is 1.57. The smallest absolute Gasteiger partial charge is 0.332 e. The Morgan fingerprint density at radius 1 is 1.42 bits per heavy atom. The number of hydrogen-bond acceptors (Lipinski definition) is 4. The fourth-order valence-electron chi connectivity index (χ4n) is 1.95. The number of aromatic nitrogens is 3. The summed E-state index contributed by atoms with van der Waals surface area (Å²) in [5.41, 5.74) is 8.74. The number of anilines is 1. The molecule has 0 aliphatic carbocycles. The summed E-state index contributed by atoms with van der Waals surface area (Å²) in [6, 6.07) is 5.35. The Balaban J connectivity index is 2.26. The van der Waals surface area contributed by atoms with Gasteiger partial charge in [0.1, 0.15) is 0 Å². The minimum absolute atomic E-state index is 0.190. The first kappa shape index (κ1) is 12.0. The Labute approximate surface area is 113 Å². The van der Waals surface area contributed by atoms with Gasteiger partial charge < -0.3 is 10.7 Å². The highest BCUT2D eigenvalue weighted by Gasteiger charge is 2.13. The van der Waals surface area contributed by atoms with Gasteiger partial charge in [-0.2, -0.15) is 0 Å². The van der Waals surface area contributed by atoms with Crippen molar-refractivity contribution in [3.05, 3.63) is 39.8 Å². The van der Waals surface area contributed by atoms with Crippen LogP contribution in [0.25, 0.3) is 16.2 Å². The molecule has 19 heavy (non-hydrogen) atoms. The molecule has 0 aliphatic rings. The largest absolute Gasteiger partial charge is 0.399 e. The van der Waals surface area contributed by atoms with Crippen LogP contribution in [-0.4, -0.2) is 14.5 Å². The summed E-state index contributed by atoms with van der Waals surface area (Å²) in [7, 11) is 0. The van der Waals surface area contributed by atoms with Crippen molar-refractivity contribution in [3.8, 4) is 5.13 Å². The van der Waals surface area contributed by atoms with Gasteiger partial charge in [0.2, 0.25) is 0 Å². The van der Waals surface area contributed by atoms with Crippen LogP contribution in [0.4, 0.5) is 5.69 Å². The number of H-pyrrole nitrogens is 1. The molecule has 0 radical (unpaired) electrons. The molecule has 0 unspecified atom stereocenters. The van der Waals surface area contributed by atoms with E-state index in [2.05, 4.69) is 23.8 Å². The molecular weight excluding hydrogens is 260 g/mol. The lowest BCUT2D eigenvalue weighted by Crippen LogP contribution is -2.14. The van der Waals surface area contributed by atoms with Crippen LogP contribution in [0.1, 0.15) is 25.5 Å². The van der Waals surface area contributed by atoms with Crippen molar-refractivity contribution in [2.45, 2.75) is 19.8 Å². The van der Waals surface area contributed by atoms with Crippen molar-refractivity contribution >= 4 is 28.1 Å². The zero-order valence-electron chi connectivity index (χ0n) is 10.7. The maximum atomic E-state index is 12.1. The Morgan fingerprint density at radius 3 is 2.89 bits per heavy atom. The van der Waals surface area contributed by atoms with Gasteiger partial charge in [-0.3, -0.25) is 0 Å². The molecule has 5 nitrogen and oxygen atoms in total. The molecule has 2 heterocycles. The number of nitrogens with two attached hydrogens (primary N) is 1. The third-order valence-electron chi connectivity index (χ3n) is 3.00. The SMILES string of the molecule is CC(C)c1csc(-n2c(=O)[nH]c3ccc(N)cc32)n1. The van der Waals surface area contributed by atoms with Crippen molar-refractivity contribution in [2.24, 2.45) is 0 Å². The van der Waals surface area contributed by atoms with E-state index in [1.54, 1.807) is 22.8 Å². The fraction of sp³-hybridized carbons (Fsp3) is 0.231. The Bertz CT molecular complexity index is 796. The van der Waals surface area contributed by atoms with Crippen LogP contribution in [0.15, 0.2) is 28.4 Å². The summed E-state index contributed by atoms with van der Waals surface area (Å²) in [6.45, 7) is 4.16. The summed E-state index contributed by atoms with van der Waals surface area (Å²) in [5, 5.41) is 2.66. The number of nitrogens with one attached hydrogen (secondary N) is 1. The molecule has 0 saturated carbocycles. The van der Waals surface area contributed by atoms with Gasteiger partial charge in [0, 0.05) is 11.1 Å². The predicted molar refractivity (Wildman–Crippen MR) is 78.1 cm³/mol. The van der Waals surface area contributed by atoms with Gasteiger partial charge >= 0.3 is 5.69 Å². The standard InChI is InChI=1S/C13H14N4OS/c1-7(2)10-6-19-13(16-10)17-11-5-8(14)3-4-9(11)15-12(17)18/h3-7H,14H2,1-2H3,(H,15,18). The Kier molecular flexibility index (Phi) is 2.67. The number of aromatic amines is 1. The molecule has 0 atom stereocenters. The molecule has 0 spiro atoms. The van der Waals surface area contributed by atoms with Gasteiger partial charge in [-0.1, -0.05) is 13.8 Å². The van der Waals surface area contributed by atoms with E-state index in [0.717, 1.165) is 16.7 Å². The van der Waals surface area contributed by atoms with Gasteiger partial charge in [-0.25, -0.2) is 14.3 Å². The van der Waals surface area contributed by atoms with Gasteiger partial charge in [0.15, 0.2) is 5.13 Å². The highest BCUT2D eigenvalue weighted by molar-refractivity contribution is 7.12.